The van der Waals surface area contributed by atoms with E-state index < -0.39 is 0 Å². The normalized spacial score (nSPS) is 10.7. The van der Waals surface area contributed by atoms with Crippen molar-refractivity contribution < 1.29 is 0 Å². The molecule has 0 heterocycles. The SMILES string of the molecule is C=C=C=C=C=C=C=C/C=C/C=C/C=C/C=C/C=C/C=C/C=C. The smallest absolute Gasteiger partial charge is 0.000697 e. The van der Waals surface area contributed by atoms with Crippen molar-refractivity contribution in [1.82, 2.24) is 0 Å². The Bertz CT molecular complexity index is 722. The lowest BCUT2D eigenvalue weighted by Crippen LogP contribution is -1.52. The lowest BCUT2D eigenvalue weighted by Gasteiger charge is -1.74. The monoisotopic (exact) mass is 282 g/mol. The molecular weight excluding hydrogens is 264 g/mol. The van der Waals surface area contributed by atoms with Gasteiger partial charge in [-0.3, -0.25) is 0 Å². The molecule has 22 heavy (non-hydrogen) atoms. The standard InChI is InChI=1S/C22H18/c1-3-5-7-9-11-13-15-17-19-21-22-20-18-16-14-12-10-8-6-4-2/h3,5,7,9,11,13,15-22H,1-2H2/b7-5+,11-9+,15-13+,19-17+,20-18+,22-21+. The van der Waals surface area contributed by atoms with E-state index in [4.69, 9.17) is 0 Å². The molecule has 0 saturated carbocycles. The minimum Gasteiger partial charge on any atom is -0.0991 e. The summed E-state index contributed by atoms with van der Waals surface area (Å²) < 4.78 is 0. The van der Waals surface area contributed by atoms with Gasteiger partial charge in [0.05, 0.1) is 0 Å². The van der Waals surface area contributed by atoms with E-state index in [1.165, 1.54) is 0 Å². The molecule has 0 N–H and O–H groups in total. The zero-order valence-electron chi connectivity index (χ0n) is 12.5. The van der Waals surface area contributed by atoms with E-state index in [0.29, 0.717) is 0 Å². The van der Waals surface area contributed by atoms with Crippen LogP contribution in [-0.4, -0.2) is 0 Å². The topological polar surface area (TPSA) is 0 Å². The number of allylic oxidation sites excluding steroid dienone is 14. The zero-order chi connectivity index (χ0) is 16.1. The summed E-state index contributed by atoms with van der Waals surface area (Å²) in [6, 6.07) is 0. The van der Waals surface area contributed by atoms with Gasteiger partial charge in [0.25, 0.3) is 0 Å². The fourth-order valence-corrected chi connectivity index (χ4v) is 1.01. The summed E-state index contributed by atoms with van der Waals surface area (Å²) >= 11 is 0. The van der Waals surface area contributed by atoms with Gasteiger partial charge in [0.2, 0.25) is 0 Å². The Balaban J connectivity index is 4.19. The third-order valence-electron chi connectivity index (χ3n) is 1.89. The highest BCUT2D eigenvalue weighted by Gasteiger charge is 1.63. The first-order valence-corrected chi connectivity index (χ1v) is 6.63. The molecule has 0 rings (SSSR count). The highest BCUT2D eigenvalue weighted by Crippen LogP contribution is 1.85. The first-order valence-electron chi connectivity index (χ1n) is 6.63. The van der Waals surface area contributed by atoms with Crippen LogP contribution in [0.25, 0.3) is 0 Å². The second-order valence-electron chi connectivity index (χ2n) is 3.53. The second-order valence-corrected chi connectivity index (χ2v) is 3.53. The van der Waals surface area contributed by atoms with Crippen molar-refractivity contribution >= 4 is 0 Å². The molecular formula is C22H18. The Hall–Kier alpha value is -3.40. The van der Waals surface area contributed by atoms with Gasteiger partial charge in [-0.05, 0) is 35.6 Å². The van der Waals surface area contributed by atoms with E-state index in [0.717, 1.165) is 0 Å². The van der Waals surface area contributed by atoms with Crippen molar-refractivity contribution in [1.29, 1.82) is 0 Å². The number of rotatable bonds is 7. The molecule has 0 nitrogen and oxygen atoms in total. The fourth-order valence-electron chi connectivity index (χ4n) is 1.01. The van der Waals surface area contributed by atoms with E-state index in [1.807, 2.05) is 72.9 Å². The van der Waals surface area contributed by atoms with E-state index in [-0.39, 0.29) is 0 Å². The van der Waals surface area contributed by atoms with E-state index >= 15 is 0 Å². The molecule has 0 aliphatic carbocycles. The first kappa shape index (κ1) is 18.6. The maximum absolute atomic E-state index is 3.59. The summed E-state index contributed by atoms with van der Waals surface area (Å²) in [4.78, 5) is 0. The summed E-state index contributed by atoms with van der Waals surface area (Å²) in [7, 11) is 0. The Labute approximate surface area is 133 Å². The highest BCUT2D eigenvalue weighted by atomic mass is 13.7. The number of hydrogen-bond acceptors (Lipinski definition) is 0. The lowest BCUT2D eigenvalue weighted by atomic mass is 10.3. The second kappa shape index (κ2) is 17.6. The van der Waals surface area contributed by atoms with Crippen LogP contribution in [0.3, 0.4) is 0 Å². The highest BCUT2D eigenvalue weighted by molar-refractivity contribution is 5.20. The molecule has 0 saturated heterocycles. The van der Waals surface area contributed by atoms with Crippen LogP contribution in [0, 0.1) is 0 Å². The molecule has 106 valence electrons. The van der Waals surface area contributed by atoms with Crippen LogP contribution in [0.4, 0.5) is 0 Å². The van der Waals surface area contributed by atoms with Gasteiger partial charge in [-0.1, -0.05) is 97.0 Å². The summed E-state index contributed by atoms with van der Waals surface area (Å²) in [6.07, 6.45) is 26.6. The molecule has 0 unspecified atom stereocenters. The molecule has 0 aromatic carbocycles. The molecule has 0 aliphatic rings. The van der Waals surface area contributed by atoms with Crippen molar-refractivity contribution in [2.45, 2.75) is 0 Å². The Morgan fingerprint density at radius 2 is 0.955 bits per heavy atom. The zero-order valence-corrected chi connectivity index (χ0v) is 12.5. The van der Waals surface area contributed by atoms with Crippen LogP contribution in [0.5, 0.6) is 0 Å². The largest absolute Gasteiger partial charge is 0.0991 e. The van der Waals surface area contributed by atoms with Crippen LogP contribution < -0.4 is 0 Å². The Kier molecular flexibility index (Phi) is 14.9. The van der Waals surface area contributed by atoms with Gasteiger partial charge >= 0.3 is 0 Å². The maximum Gasteiger partial charge on any atom is -0.000697 e. The summed E-state index contributed by atoms with van der Waals surface area (Å²) in [5.74, 6) is 0. The number of hydrogen-bond donors (Lipinski definition) is 0. The average molecular weight is 282 g/mol. The molecule has 0 bridgehead atoms. The predicted molar refractivity (Wildman–Crippen MR) is 96.3 cm³/mol. The fraction of sp³-hybridized carbons (Fsp3) is 0. The van der Waals surface area contributed by atoms with Gasteiger partial charge in [0.1, 0.15) is 0 Å². The van der Waals surface area contributed by atoms with E-state index in [2.05, 4.69) is 47.5 Å². The average Bonchev–Trinajstić information content (AvgIpc) is 2.54. The molecule has 0 aromatic heterocycles. The van der Waals surface area contributed by atoms with Crippen LogP contribution in [0.2, 0.25) is 0 Å². The molecule has 0 spiro atoms. The summed E-state index contributed by atoms with van der Waals surface area (Å²) in [5.41, 5.74) is 15.5. The van der Waals surface area contributed by atoms with Crippen LogP contribution in [0.1, 0.15) is 0 Å². The van der Waals surface area contributed by atoms with Crippen LogP contribution >= 0.6 is 0 Å². The third-order valence-corrected chi connectivity index (χ3v) is 1.89. The van der Waals surface area contributed by atoms with Crippen molar-refractivity contribution in [3.05, 3.63) is 133 Å². The molecule has 0 fully saturated rings. The quantitative estimate of drug-likeness (QED) is 0.419. The summed E-state index contributed by atoms with van der Waals surface area (Å²) in [6.45, 7) is 6.93. The van der Waals surface area contributed by atoms with Gasteiger partial charge in [-0.2, -0.15) is 0 Å². The molecule has 0 aliphatic heterocycles. The third kappa shape index (κ3) is 16.6. The Morgan fingerprint density at radius 1 is 0.500 bits per heavy atom. The van der Waals surface area contributed by atoms with Gasteiger partial charge in [-0.15, -0.1) is 0 Å². The van der Waals surface area contributed by atoms with Crippen molar-refractivity contribution in [2.24, 2.45) is 0 Å². The lowest BCUT2D eigenvalue weighted by molar-refractivity contribution is 1.83. The minimum atomic E-state index is 1.72. The van der Waals surface area contributed by atoms with E-state index in [1.54, 1.807) is 12.2 Å². The molecule has 0 aromatic rings. The maximum atomic E-state index is 3.59. The van der Waals surface area contributed by atoms with Gasteiger partial charge in [-0.25, -0.2) is 0 Å². The molecule has 0 amide bonds. The first-order chi connectivity index (χ1) is 10.9. The van der Waals surface area contributed by atoms with Gasteiger partial charge < -0.3 is 0 Å². The molecule has 0 radical (unpaired) electrons. The Morgan fingerprint density at radius 3 is 1.45 bits per heavy atom. The van der Waals surface area contributed by atoms with Gasteiger partial charge in [0.15, 0.2) is 0 Å². The molecule has 0 atom stereocenters. The van der Waals surface area contributed by atoms with Crippen molar-refractivity contribution in [3.8, 4) is 0 Å². The van der Waals surface area contributed by atoms with Crippen LogP contribution in [0.15, 0.2) is 133 Å². The van der Waals surface area contributed by atoms with Crippen LogP contribution in [-0.2, 0) is 0 Å². The van der Waals surface area contributed by atoms with Gasteiger partial charge in [0, 0.05) is 0 Å². The van der Waals surface area contributed by atoms with E-state index in [9.17, 15) is 0 Å². The van der Waals surface area contributed by atoms with Crippen molar-refractivity contribution in [2.75, 3.05) is 0 Å². The molecule has 0 heteroatoms. The summed E-state index contributed by atoms with van der Waals surface area (Å²) in [5, 5.41) is 0. The predicted octanol–water partition coefficient (Wildman–Crippen LogP) is 5.63. The van der Waals surface area contributed by atoms with Crippen molar-refractivity contribution in [3.63, 3.8) is 0 Å². The minimum absolute atomic E-state index is 1.72.